The fraction of sp³-hybridized carbons (Fsp3) is 0.429. The van der Waals surface area contributed by atoms with Crippen LogP contribution >= 0.6 is 23.2 Å². The van der Waals surface area contributed by atoms with Gasteiger partial charge in [0.15, 0.2) is 0 Å². The number of anilines is 1. The molecule has 1 aliphatic rings. The van der Waals surface area contributed by atoms with Crippen LogP contribution < -0.4 is 11.1 Å². The average molecular weight is 331 g/mol. The monoisotopic (exact) mass is 330 g/mol. The Kier molecular flexibility index (Phi) is 4.96. The zero-order chi connectivity index (χ0) is 15.6. The van der Waals surface area contributed by atoms with Gasteiger partial charge in [-0.05, 0) is 37.8 Å². The molecular weight excluding hydrogens is 315 g/mol. The number of halogens is 2. The Balaban J connectivity index is 1.98. The molecule has 0 bridgehead atoms. The fourth-order valence-corrected chi connectivity index (χ4v) is 2.96. The van der Waals surface area contributed by atoms with Gasteiger partial charge in [0.2, 0.25) is 0 Å². The van der Waals surface area contributed by atoms with Crippen molar-refractivity contribution in [2.75, 3.05) is 5.73 Å². The van der Waals surface area contributed by atoms with E-state index in [0.29, 0.717) is 31.2 Å². The van der Waals surface area contributed by atoms with Crippen LogP contribution in [-0.2, 0) is 4.79 Å². The van der Waals surface area contributed by atoms with Crippen LogP contribution in [0.3, 0.4) is 0 Å². The van der Waals surface area contributed by atoms with Crippen molar-refractivity contribution >= 4 is 40.8 Å². The summed E-state index contributed by atoms with van der Waals surface area (Å²) in [5, 5.41) is 12.3. The summed E-state index contributed by atoms with van der Waals surface area (Å²) in [6.45, 7) is 0. The Bertz CT molecular complexity index is 546. The van der Waals surface area contributed by atoms with Crippen molar-refractivity contribution in [3.63, 3.8) is 0 Å². The number of hydrogen-bond acceptors (Lipinski definition) is 3. The van der Waals surface area contributed by atoms with Crippen molar-refractivity contribution in [1.29, 1.82) is 0 Å². The third kappa shape index (κ3) is 3.80. The molecule has 0 atom stereocenters. The van der Waals surface area contributed by atoms with Crippen LogP contribution in [0.1, 0.15) is 36.0 Å². The second-order valence-electron chi connectivity index (χ2n) is 5.21. The Morgan fingerprint density at radius 2 is 1.67 bits per heavy atom. The summed E-state index contributed by atoms with van der Waals surface area (Å²) < 4.78 is 0. The highest BCUT2D eigenvalue weighted by Crippen LogP contribution is 2.29. The van der Waals surface area contributed by atoms with Crippen molar-refractivity contribution in [3.05, 3.63) is 27.7 Å². The summed E-state index contributed by atoms with van der Waals surface area (Å²) in [5.74, 6) is -1.35. The van der Waals surface area contributed by atoms with Crippen LogP contribution in [0.5, 0.6) is 0 Å². The highest BCUT2D eigenvalue weighted by Gasteiger charge is 2.27. The van der Waals surface area contributed by atoms with Gasteiger partial charge in [0, 0.05) is 11.6 Å². The first kappa shape index (κ1) is 15.9. The first-order chi connectivity index (χ1) is 9.88. The van der Waals surface area contributed by atoms with Gasteiger partial charge in [-0.15, -0.1) is 0 Å². The number of benzene rings is 1. The van der Waals surface area contributed by atoms with E-state index in [1.165, 1.54) is 12.1 Å². The summed E-state index contributed by atoms with van der Waals surface area (Å²) in [4.78, 5) is 23.0. The topological polar surface area (TPSA) is 92.4 Å². The number of nitrogens with one attached hydrogen (secondary N) is 1. The van der Waals surface area contributed by atoms with Gasteiger partial charge in [0.25, 0.3) is 5.91 Å². The number of carbonyl (C=O) groups is 2. The molecule has 1 aliphatic carbocycles. The van der Waals surface area contributed by atoms with E-state index in [0.717, 1.165) is 0 Å². The van der Waals surface area contributed by atoms with Crippen LogP contribution in [-0.4, -0.2) is 23.0 Å². The molecule has 0 aliphatic heterocycles. The van der Waals surface area contributed by atoms with Gasteiger partial charge < -0.3 is 16.2 Å². The molecule has 114 valence electrons. The van der Waals surface area contributed by atoms with E-state index in [2.05, 4.69) is 5.32 Å². The number of carbonyl (C=O) groups excluding carboxylic acids is 1. The van der Waals surface area contributed by atoms with Gasteiger partial charge in [-0.1, -0.05) is 23.2 Å². The van der Waals surface area contributed by atoms with E-state index in [4.69, 9.17) is 34.0 Å². The molecule has 7 heteroatoms. The van der Waals surface area contributed by atoms with Gasteiger partial charge >= 0.3 is 5.97 Å². The first-order valence-electron chi connectivity index (χ1n) is 6.66. The van der Waals surface area contributed by atoms with Gasteiger partial charge in [0.1, 0.15) is 0 Å². The summed E-state index contributed by atoms with van der Waals surface area (Å²) >= 11 is 11.8. The maximum atomic E-state index is 12.2. The molecule has 0 spiro atoms. The number of rotatable bonds is 3. The van der Waals surface area contributed by atoms with Gasteiger partial charge in [0.05, 0.1) is 21.7 Å². The third-order valence-corrected chi connectivity index (χ3v) is 4.38. The van der Waals surface area contributed by atoms with Crippen molar-refractivity contribution in [1.82, 2.24) is 5.32 Å². The molecule has 21 heavy (non-hydrogen) atoms. The molecule has 1 amide bonds. The summed E-state index contributed by atoms with van der Waals surface area (Å²) in [6, 6.07) is 2.92. The lowest BCUT2D eigenvalue weighted by molar-refractivity contribution is -0.142. The minimum Gasteiger partial charge on any atom is -0.481 e. The second-order valence-corrected chi connectivity index (χ2v) is 6.03. The highest BCUT2D eigenvalue weighted by atomic mass is 35.5. The molecule has 0 saturated heterocycles. The minimum atomic E-state index is -0.767. The standard InChI is InChI=1S/C14H16Cl2N2O3/c15-10-5-8(6-11(16)12(10)17)13(19)18-9-3-1-7(2-4-9)14(20)21/h5-7,9H,1-4,17H2,(H,18,19)(H,20,21). The second kappa shape index (κ2) is 6.54. The van der Waals surface area contributed by atoms with E-state index in [1.54, 1.807) is 0 Å². The number of hydrogen-bond donors (Lipinski definition) is 3. The number of carboxylic acids is 1. The van der Waals surface area contributed by atoms with Crippen LogP contribution in [0.4, 0.5) is 5.69 Å². The van der Waals surface area contributed by atoms with Crippen LogP contribution in [0.25, 0.3) is 0 Å². The van der Waals surface area contributed by atoms with Crippen molar-refractivity contribution in [2.45, 2.75) is 31.7 Å². The lowest BCUT2D eigenvalue weighted by Gasteiger charge is -2.26. The number of carboxylic acid groups (broad SMARTS) is 1. The maximum Gasteiger partial charge on any atom is 0.306 e. The van der Waals surface area contributed by atoms with Crippen molar-refractivity contribution in [2.24, 2.45) is 5.92 Å². The predicted molar refractivity (Wildman–Crippen MR) is 81.7 cm³/mol. The van der Waals surface area contributed by atoms with Gasteiger partial charge in [-0.2, -0.15) is 0 Å². The molecule has 1 fully saturated rings. The molecule has 0 heterocycles. The van der Waals surface area contributed by atoms with Crippen LogP contribution in [0.15, 0.2) is 12.1 Å². The zero-order valence-corrected chi connectivity index (χ0v) is 12.7. The molecule has 4 N–H and O–H groups in total. The molecule has 0 radical (unpaired) electrons. The molecule has 1 saturated carbocycles. The molecular formula is C14H16Cl2N2O3. The number of amides is 1. The van der Waals surface area contributed by atoms with Crippen LogP contribution in [0, 0.1) is 5.92 Å². The third-order valence-electron chi connectivity index (χ3n) is 3.75. The molecule has 5 nitrogen and oxygen atoms in total. The largest absolute Gasteiger partial charge is 0.481 e. The number of nitrogen functional groups attached to an aromatic ring is 1. The Hall–Kier alpha value is -1.46. The molecule has 1 aromatic rings. The lowest BCUT2D eigenvalue weighted by Crippen LogP contribution is -2.38. The average Bonchev–Trinajstić information content (AvgIpc) is 2.44. The first-order valence-corrected chi connectivity index (χ1v) is 7.42. The molecule has 0 unspecified atom stereocenters. The Labute approximate surface area is 132 Å². The molecule has 2 rings (SSSR count). The smallest absolute Gasteiger partial charge is 0.306 e. The van der Waals surface area contributed by atoms with E-state index in [9.17, 15) is 9.59 Å². The predicted octanol–water partition coefficient (Wildman–Crippen LogP) is 2.95. The van der Waals surface area contributed by atoms with E-state index in [1.807, 2.05) is 0 Å². The maximum absolute atomic E-state index is 12.2. The molecule has 1 aromatic carbocycles. The van der Waals surface area contributed by atoms with E-state index in [-0.39, 0.29) is 33.6 Å². The summed E-state index contributed by atoms with van der Waals surface area (Å²) in [6.07, 6.45) is 2.45. The van der Waals surface area contributed by atoms with Crippen molar-refractivity contribution < 1.29 is 14.7 Å². The highest BCUT2D eigenvalue weighted by molar-refractivity contribution is 6.39. The quantitative estimate of drug-likeness (QED) is 0.743. The Morgan fingerprint density at radius 1 is 1.14 bits per heavy atom. The SMILES string of the molecule is Nc1c(Cl)cc(C(=O)NC2CCC(C(=O)O)CC2)cc1Cl. The Morgan fingerprint density at radius 3 is 2.14 bits per heavy atom. The fourth-order valence-electron chi connectivity index (χ4n) is 2.47. The minimum absolute atomic E-state index is 0.0248. The normalized spacial score (nSPS) is 21.8. The van der Waals surface area contributed by atoms with Crippen LogP contribution in [0.2, 0.25) is 10.0 Å². The zero-order valence-electron chi connectivity index (χ0n) is 11.2. The number of aliphatic carboxylic acids is 1. The summed E-state index contributed by atoms with van der Waals surface area (Å²) in [5.41, 5.74) is 6.22. The lowest BCUT2D eigenvalue weighted by atomic mass is 9.86. The van der Waals surface area contributed by atoms with E-state index < -0.39 is 5.97 Å². The van der Waals surface area contributed by atoms with Gasteiger partial charge in [-0.3, -0.25) is 9.59 Å². The summed E-state index contributed by atoms with van der Waals surface area (Å²) in [7, 11) is 0. The van der Waals surface area contributed by atoms with E-state index >= 15 is 0 Å². The van der Waals surface area contributed by atoms with Crippen molar-refractivity contribution in [3.8, 4) is 0 Å². The molecule has 0 aromatic heterocycles. The number of nitrogens with two attached hydrogens (primary N) is 1. The van der Waals surface area contributed by atoms with Gasteiger partial charge in [-0.25, -0.2) is 0 Å².